The van der Waals surface area contributed by atoms with Crippen molar-refractivity contribution in [2.24, 2.45) is 5.41 Å². The Labute approximate surface area is 79.4 Å². The third-order valence-corrected chi connectivity index (χ3v) is 2.94. The van der Waals surface area contributed by atoms with Crippen molar-refractivity contribution in [3.05, 3.63) is 0 Å². The zero-order valence-electron chi connectivity index (χ0n) is 8.63. The minimum Gasteiger partial charge on any atom is -0.469 e. The molecule has 2 atom stereocenters. The van der Waals surface area contributed by atoms with Gasteiger partial charge >= 0.3 is 5.97 Å². The summed E-state index contributed by atoms with van der Waals surface area (Å²) in [6, 6.07) is 0. The molecule has 0 radical (unpaired) electrons. The maximum atomic E-state index is 11.5. The van der Waals surface area contributed by atoms with Crippen LogP contribution in [0, 0.1) is 5.41 Å². The Morgan fingerprint density at radius 1 is 1.46 bits per heavy atom. The molecule has 0 amide bonds. The van der Waals surface area contributed by atoms with Gasteiger partial charge in [-0.25, -0.2) is 0 Å². The van der Waals surface area contributed by atoms with Gasteiger partial charge in [-0.15, -0.1) is 0 Å². The van der Waals surface area contributed by atoms with Crippen LogP contribution in [0.15, 0.2) is 0 Å². The third-order valence-electron chi connectivity index (χ3n) is 2.94. The van der Waals surface area contributed by atoms with E-state index in [2.05, 4.69) is 0 Å². The second-order valence-corrected chi connectivity index (χ2v) is 4.01. The lowest BCUT2D eigenvalue weighted by atomic mass is 9.74. The standard InChI is InChI=1S/C10H18O3/c1-10(9(11)13-3)6-4-5-8(7-10)12-2/h8H,4-7H2,1-3H3. The zero-order chi connectivity index (χ0) is 9.90. The normalized spacial score (nSPS) is 34.2. The Bertz CT molecular complexity index is 191. The molecule has 0 bridgehead atoms. The molecule has 3 heteroatoms. The number of hydrogen-bond acceptors (Lipinski definition) is 3. The van der Waals surface area contributed by atoms with Crippen LogP contribution < -0.4 is 0 Å². The molecule has 2 unspecified atom stereocenters. The molecule has 76 valence electrons. The molecular formula is C10H18O3. The van der Waals surface area contributed by atoms with Gasteiger partial charge in [0.25, 0.3) is 0 Å². The van der Waals surface area contributed by atoms with E-state index < -0.39 is 0 Å². The fraction of sp³-hybridized carbons (Fsp3) is 0.900. The van der Waals surface area contributed by atoms with Gasteiger partial charge in [0.2, 0.25) is 0 Å². The van der Waals surface area contributed by atoms with Crippen LogP contribution in [0.25, 0.3) is 0 Å². The van der Waals surface area contributed by atoms with Gasteiger partial charge in [-0.05, 0) is 32.6 Å². The molecular weight excluding hydrogens is 168 g/mol. The molecule has 0 saturated heterocycles. The number of methoxy groups -OCH3 is 2. The number of rotatable bonds is 2. The summed E-state index contributed by atoms with van der Waals surface area (Å²) in [5, 5.41) is 0. The van der Waals surface area contributed by atoms with Gasteiger partial charge in [0.1, 0.15) is 0 Å². The number of ether oxygens (including phenoxy) is 2. The van der Waals surface area contributed by atoms with Gasteiger partial charge < -0.3 is 9.47 Å². The van der Waals surface area contributed by atoms with Crippen LogP contribution >= 0.6 is 0 Å². The summed E-state index contributed by atoms with van der Waals surface area (Å²) in [4.78, 5) is 11.5. The highest BCUT2D eigenvalue weighted by atomic mass is 16.5. The fourth-order valence-corrected chi connectivity index (χ4v) is 2.06. The minimum absolute atomic E-state index is 0.103. The van der Waals surface area contributed by atoms with Crippen molar-refractivity contribution in [2.75, 3.05) is 14.2 Å². The van der Waals surface area contributed by atoms with E-state index in [4.69, 9.17) is 9.47 Å². The third kappa shape index (κ3) is 2.21. The van der Waals surface area contributed by atoms with Crippen LogP contribution in [0.2, 0.25) is 0 Å². The summed E-state index contributed by atoms with van der Waals surface area (Å²) >= 11 is 0. The average molecular weight is 186 g/mol. The number of esters is 1. The highest BCUT2D eigenvalue weighted by molar-refractivity contribution is 5.76. The van der Waals surface area contributed by atoms with E-state index in [1.54, 1.807) is 7.11 Å². The first-order valence-corrected chi connectivity index (χ1v) is 4.73. The zero-order valence-corrected chi connectivity index (χ0v) is 8.63. The maximum absolute atomic E-state index is 11.5. The lowest BCUT2D eigenvalue weighted by molar-refractivity contribution is -0.156. The monoisotopic (exact) mass is 186 g/mol. The van der Waals surface area contributed by atoms with Crippen molar-refractivity contribution in [2.45, 2.75) is 38.7 Å². The summed E-state index contributed by atoms with van der Waals surface area (Å²) < 4.78 is 10.1. The SMILES string of the molecule is COC(=O)C1(C)CCCC(OC)C1. The Morgan fingerprint density at radius 2 is 2.15 bits per heavy atom. The summed E-state index contributed by atoms with van der Waals surface area (Å²) in [6.07, 6.45) is 4.03. The van der Waals surface area contributed by atoms with Crippen molar-refractivity contribution < 1.29 is 14.3 Å². The van der Waals surface area contributed by atoms with Gasteiger partial charge in [0.15, 0.2) is 0 Å². The molecule has 0 aromatic rings. The highest BCUT2D eigenvalue weighted by Gasteiger charge is 2.39. The topological polar surface area (TPSA) is 35.5 Å². The Balaban J connectivity index is 2.62. The van der Waals surface area contributed by atoms with Crippen molar-refractivity contribution in [3.8, 4) is 0 Å². The first-order chi connectivity index (χ1) is 6.12. The van der Waals surface area contributed by atoms with E-state index in [-0.39, 0.29) is 17.5 Å². The highest BCUT2D eigenvalue weighted by Crippen LogP contribution is 2.37. The molecule has 13 heavy (non-hydrogen) atoms. The van der Waals surface area contributed by atoms with Crippen LogP contribution in [-0.4, -0.2) is 26.3 Å². The number of hydrogen-bond donors (Lipinski definition) is 0. The number of carbonyl (C=O) groups excluding carboxylic acids is 1. The van der Waals surface area contributed by atoms with E-state index in [1.165, 1.54) is 7.11 Å². The van der Waals surface area contributed by atoms with Crippen LogP contribution in [0.4, 0.5) is 0 Å². The quantitative estimate of drug-likeness (QED) is 0.616. The molecule has 0 N–H and O–H groups in total. The second-order valence-electron chi connectivity index (χ2n) is 4.01. The lowest BCUT2D eigenvalue weighted by Crippen LogP contribution is -2.37. The van der Waals surface area contributed by atoms with Gasteiger partial charge in [0, 0.05) is 7.11 Å². The van der Waals surface area contributed by atoms with Crippen LogP contribution in [-0.2, 0) is 14.3 Å². The fourth-order valence-electron chi connectivity index (χ4n) is 2.06. The Hall–Kier alpha value is -0.570. The van der Waals surface area contributed by atoms with E-state index in [9.17, 15) is 4.79 Å². The first kappa shape index (κ1) is 10.5. The molecule has 0 spiro atoms. The maximum Gasteiger partial charge on any atom is 0.311 e. The minimum atomic E-state index is -0.326. The summed E-state index contributed by atoms with van der Waals surface area (Å²) in [7, 11) is 3.15. The van der Waals surface area contributed by atoms with E-state index in [0.29, 0.717) is 0 Å². The van der Waals surface area contributed by atoms with E-state index >= 15 is 0 Å². The predicted octanol–water partition coefficient (Wildman–Crippen LogP) is 1.75. The van der Waals surface area contributed by atoms with E-state index in [1.807, 2.05) is 6.92 Å². The van der Waals surface area contributed by atoms with Crippen molar-refractivity contribution in [1.29, 1.82) is 0 Å². The Kier molecular flexibility index (Phi) is 3.31. The molecule has 1 rings (SSSR count). The van der Waals surface area contributed by atoms with Gasteiger partial charge in [-0.2, -0.15) is 0 Å². The Morgan fingerprint density at radius 3 is 2.69 bits per heavy atom. The molecule has 0 aromatic heterocycles. The molecule has 0 heterocycles. The number of carbonyl (C=O) groups is 1. The molecule has 1 saturated carbocycles. The van der Waals surface area contributed by atoms with Crippen molar-refractivity contribution in [1.82, 2.24) is 0 Å². The molecule has 1 aliphatic carbocycles. The second kappa shape index (κ2) is 4.09. The summed E-state index contributed by atoms with van der Waals surface area (Å²) in [5.74, 6) is -0.103. The average Bonchev–Trinajstić information content (AvgIpc) is 2.16. The molecule has 3 nitrogen and oxygen atoms in total. The van der Waals surface area contributed by atoms with Gasteiger partial charge in [-0.3, -0.25) is 4.79 Å². The van der Waals surface area contributed by atoms with Crippen LogP contribution in [0.1, 0.15) is 32.6 Å². The van der Waals surface area contributed by atoms with Crippen molar-refractivity contribution in [3.63, 3.8) is 0 Å². The molecule has 1 fully saturated rings. The largest absolute Gasteiger partial charge is 0.469 e. The molecule has 1 aliphatic rings. The van der Waals surface area contributed by atoms with Crippen molar-refractivity contribution >= 4 is 5.97 Å². The first-order valence-electron chi connectivity index (χ1n) is 4.73. The smallest absolute Gasteiger partial charge is 0.311 e. The lowest BCUT2D eigenvalue weighted by Gasteiger charge is -2.34. The van der Waals surface area contributed by atoms with Gasteiger partial charge in [0.05, 0.1) is 18.6 Å². The predicted molar refractivity (Wildman–Crippen MR) is 49.4 cm³/mol. The summed E-state index contributed by atoms with van der Waals surface area (Å²) in [6.45, 7) is 1.96. The van der Waals surface area contributed by atoms with Crippen LogP contribution in [0.5, 0.6) is 0 Å². The molecule has 0 aromatic carbocycles. The van der Waals surface area contributed by atoms with Crippen LogP contribution in [0.3, 0.4) is 0 Å². The van der Waals surface area contributed by atoms with Gasteiger partial charge in [-0.1, -0.05) is 0 Å². The summed E-state index contributed by atoms with van der Waals surface area (Å²) in [5.41, 5.74) is -0.326. The van der Waals surface area contributed by atoms with E-state index in [0.717, 1.165) is 25.7 Å². The molecule has 0 aliphatic heterocycles.